The summed E-state index contributed by atoms with van der Waals surface area (Å²) in [5.41, 5.74) is -0.458. The topological polar surface area (TPSA) is 67.4 Å². The Morgan fingerprint density at radius 1 is 1.12 bits per heavy atom. The maximum absolute atomic E-state index is 12.0. The third kappa shape index (κ3) is 11.8. The lowest BCUT2D eigenvalue weighted by molar-refractivity contribution is -0.122. The highest BCUT2D eigenvalue weighted by Gasteiger charge is 2.16. The quantitative estimate of drug-likeness (QED) is 0.597. The third-order valence-corrected chi connectivity index (χ3v) is 4.64. The highest BCUT2D eigenvalue weighted by Crippen LogP contribution is 2.27. The number of amides is 2. The number of alkyl carbamates (subject to hydrolysis) is 1. The van der Waals surface area contributed by atoms with E-state index in [0.29, 0.717) is 13.0 Å². The fourth-order valence-corrected chi connectivity index (χ4v) is 3.31. The van der Waals surface area contributed by atoms with Gasteiger partial charge >= 0.3 is 6.09 Å². The van der Waals surface area contributed by atoms with E-state index in [2.05, 4.69) is 17.6 Å². The van der Waals surface area contributed by atoms with Gasteiger partial charge in [-0.15, -0.1) is 0 Å². The van der Waals surface area contributed by atoms with E-state index in [1.54, 1.807) is 0 Å². The summed E-state index contributed by atoms with van der Waals surface area (Å²) in [6.07, 6.45) is 10.8. The van der Waals surface area contributed by atoms with Crippen LogP contribution in [0.1, 0.15) is 91.9 Å². The minimum absolute atomic E-state index is 0.185. The van der Waals surface area contributed by atoms with Crippen LogP contribution in [0.3, 0.4) is 0 Å². The summed E-state index contributed by atoms with van der Waals surface area (Å²) in [5, 5.41) is 5.86. The molecule has 1 fully saturated rings. The monoisotopic (exact) mass is 354 g/mol. The summed E-state index contributed by atoms with van der Waals surface area (Å²) in [7, 11) is 0. The molecule has 1 aliphatic rings. The molecule has 0 aliphatic heterocycles. The van der Waals surface area contributed by atoms with E-state index < -0.39 is 5.60 Å². The van der Waals surface area contributed by atoms with Gasteiger partial charge < -0.3 is 15.4 Å². The molecule has 0 aromatic heterocycles. The smallest absolute Gasteiger partial charge is 0.407 e. The highest BCUT2D eigenvalue weighted by atomic mass is 16.6. The van der Waals surface area contributed by atoms with Crippen LogP contribution in [-0.4, -0.2) is 30.2 Å². The van der Waals surface area contributed by atoms with Crippen molar-refractivity contribution in [1.29, 1.82) is 0 Å². The van der Waals surface area contributed by atoms with Crippen molar-refractivity contribution in [3.05, 3.63) is 0 Å². The minimum Gasteiger partial charge on any atom is -0.444 e. The van der Waals surface area contributed by atoms with Crippen molar-refractivity contribution >= 4 is 12.0 Å². The molecule has 2 N–H and O–H groups in total. The second-order valence-corrected chi connectivity index (χ2v) is 8.44. The van der Waals surface area contributed by atoms with Gasteiger partial charge in [-0.25, -0.2) is 4.79 Å². The fourth-order valence-electron chi connectivity index (χ4n) is 3.31. The van der Waals surface area contributed by atoms with E-state index in [1.807, 2.05) is 20.8 Å². The van der Waals surface area contributed by atoms with Crippen molar-refractivity contribution in [2.75, 3.05) is 6.54 Å². The van der Waals surface area contributed by atoms with Crippen molar-refractivity contribution in [2.45, 2.75) is 104 Å². The first-order valence-electron chi connectivity index (χ1n) is 10.0. The molecule has 146 valence electrons. The molecule has 0 aromatic rings. The summed E-state index contributed by atoms with van der Waals surface area (Å²) in [6, 6.07) is 0.195. The molecule has 0 aromatic carbocycles. The molecule has 1 unspecified atom stereocenters. The molecule has 0 bridgehead atoms. The molecule has 2 amide bonds. The predicted molar refractivity (Wildman–Crippen MR) is 102 cm³/mol. The lowest BCUT2D eigenvalue weighted by Crippen LogP contribution is -2.34. The van der Waals surface area contributed by atoms with Crippen molar-refractivity contribution in [3.63, 3.8) is 0 Å². The number of rotatable bonds is 9. The molecular formula is C20H38N2O3. The Hall–Kier alpha value is -1.26. The van der Waals surface area contributed by atoms with Crippen LogP contribution in [-0.2, 0) is 9.53 Å². The number of hydrogen-bond donors (Lipinski definition) is 2. The molecular weight excluding hydrogens is 316 g/mol. The third-order valence-electron chi connectivity index (χ3n) is 4.64. The molecule has 5 heteroatoms. The summed E-state index contributed by atoms with van der Waals surface area (Å²) in [5.74, 6) is 0.943. The van der Waals surface area contributed by atoms with Gasteiger partial charge in [0, 0.05) is 19.0 Å². The van der Waals surface area contributed by atoms with Gasteiger partial charge in [-0.3, -0.25) is 4.79 Å². The van der Waals surface area contributed by atoms with Gasteiger partial charge in [0.15, 0.2) is 0 Å². The van der Waals surface area contributed by atoms with Gasteiger partial charge in [0.1, 0.15) is 5.60 Å². The van der Waals surface area contributed by atoms with Gasteiger partial charge in [0.05, 0.1) is 0 Å². The van der Waals surface area contributed by atoms with Crippen LogP contribution in [0.4, 0.5) is 4.79 Å². The van der Waals surface area contributed by atoms with Crippen LogP contribution in [0, 0.1) is 5.92 Å². The Balaban J connectivity index is 2.01. The van der Waals surface area contributed by atoms with Gasteiger partial charge in [-0.05, 0) is 59.3 Å². The highest BCUT2D eigenvalue weighted by molar-refractivity contribution is 5.76. The largest absolute Gasteiger partial charge is 0.444 e. The Labute approximate surface area is 153 Å². The SMILES string of the molecule is CC(CCCCNC(=O)OC(C)(C)C)NC(=O)CCC1CCCCC1. The first-order valence-corrected chi connectivity index (χ1v) is 10.0. The van der Waals surface area contributed by atoms with E-state index in [-0.39, 0.29) is 18.0 Å². The first-order chi connectivity index (χ1) is 11.8. The molecule has 1 saturated carbocycles. The zero-order valence-electron chi connectivity index (χ0n) is 16.7. The van der Waals surface area contributed by atoms with Crippen molar-refractivity contribution < 1.29 is 14.3 Å². The van der Waals surface area contributed by atoms with Gasteiger partial charge in [-0.1, -0.05) is 32.1 Å². The Kier molecular flexibility index (Phi) is 9.91. The molecule has 0 spiro atoms. The van der Waals surface area contributed by atoms with Crippen LogP contribution in [0.2, 0.25) is 0 Å². The average Bonchev–Trinajstić information content (AvgIpc) is 2.52. The van der Waals surface area contributed by atoms with E-state index in [1.165, 1.54) is 32.1 Å². The second kappa shape index (κ2) is 11.4. The molecule has 1 rings (SSSR count). The number of nitrogens with one attached hydrogen (secondary N) is 2. The number of ether oxygens (including phenoxy) is 1. The molecule has 0 radical (unpaired) electrons. The van der Waals surface area contributed by atoms with E-state index >= 15 is 0 Å². The summed E-state index contributed by atoms with van der Waals surface area (Å²) in [6.45, 7) is 8.22. The number of carbonyl (C=O) groups excluding carboxylic acids is 2. The van der Waals surface area contributed by atoms with Crippen molar-refractivity contribution in [3.8, 4) is 0 Å². The summed E-state index contributed by atoms with van der Waals surface area (Å²) >= 11 is 0. The summed E-state index contributed by atoms with van der Waals surface area (Å²) < 4.78 is 5.19. The van der Waals surface area contributed by atoms with E-state index in [9.17, 15) is 9.59 Å². The zero-order chi connectivity index (χ0) is 18.7. The maximum atomic E-state index is 12.0. The van der Waals surface area contributed by atoms with Crippen LogP contribution < -0.4 is 10.6 Å². The Morgan fingerprint density at radius 3 is 2.44 bits per heavy atom. The molecule has 0 saturated heterocycles. The molecule has 1 aliphatic carbocycles. The van der Waals surface area contributed by atoms with Crippen molar-refractivity contribution in [1.82, 2.24) is 10.6 Å². The number of unbranched alkanes of at least 4 members (excludes halogenated alkanes) is 1. The lowest BCUT2D eigenvalue weighted by Gasteiger charge is -2.21. The maximum Gasteiger partial charge on any atom is 0.407 e. The van der Waals surface area contributed by atoms with Gasteiger partial charge in [0.2, 0.25) is 5.91 Å². The van der Waals surface area contributed by atoms with E-state index in [4.69, 9.17) is 4.74 Å². The average molecular weight is 355 g/mol. The number of carbonyl (C=O) groups is 2. The van der Waals surface area contributed by atoms with Crippen molar-refractivity contribution in [2.24, 2.45) is 5.92 Å². The van der Waals surface area contributed by atoms with Crippen LogP contribution in [0.15, 0.2) is 0 Å². The molecule has 25 heavy (non-hydrogen) atoms. The normalized spacial score (nSPS) is 17.0. The fraction of sp³-hybridized carbons (Fsp3) is 0.900. The molecule has 5 nitrogen and oxygen atoms in total. The Morgan fingerprint density at radius 2 is 1.80 bits per heavy atom. The van der Waals surface area contributed by atoms with Crippen LogP contribution >= 0.6 is 0 Å². The lowest BCUT2D eigenvalue weighted by atomic mass is 9.86. The van der Waals surface area contributed by atoms with Crippen LogP contribution in [0.25, 0.3) is 0 Å². The predicted octanol–water partition coefficient (Wildman–Crippen LogP) is 4.55. The zero-order valence-corrected chi connectivity index (χ0v) is 16.7. The van der Waals surface area contributed by atoms with E-state index in [0.717, 1.165) is 31.6 Å². The van der Waals surface area contributed by atoms with Crippen LogP contribution in [0.5, 0.6) is 0 Å². The van der Waals surface area contributed by atoms with Gasteiger partial charge in [0.25, 0.3) is 0 Å². The minimum atomic E-state index is -0.458. The number of hydrogen-bond acceptors (Lipinski definition) is 3. The Bertz CT molecular complexity index is 398. The first kappa shape index (κ1) is 21.8. The second-order valence-electron chi connectivity index (χ2n) is 8.44. The molecule has 1 atom stereocenters. The standard InChI is InChI=1S/C20H38N2O3/c1-16(10-8-9-15-21-19(24)25-20(2,3)4)22-18(23)14-13-17-11-6-5-7-12-17/h16-17H,5-15H2,1-4H3,(H,21,24)(H,22,23). The molecule has 0 heterocycles. The van der Waals surface area contributed by atoms with Gasteiger partial charge in [-0.2, -0.15) is 0 Å². The summed E-state index contributed by atoms with van der Waals surface area (Å²) in [4.78, 5) is 23.5.